The van der Waals surface area contributed by atoms with Crippen molar-refractivity contribution in [3.8, 4) is 11.6 Å². The molecule has 0 spiro atoms. The van der Waals surface area contributed by atoms with Crippen LogP contribution in [-0.2, 0) is 4.79 Å². The van der Waals surface area contributed by atoms with Gasteiger partial charge in [0.15, 0.2) is 10.9 Å². The van der Waals surface area contributed by atoms with Crippen molar-refractivity contribution in [1.82, 2.24) is 10.2 Å². The molecule has 6 heteroatoms. The zero-order valence-corrected chi connectivity index (χ0v) is 10.6. The summed E-state index contributed by atoms with van der Waals surface area (Å²) in [5.41, 5.74) is 0. The van der Waals surface area contributed by atoms with Gasteiger partial charge in [-0.1, -0.05) is 18.5 Å². The van der Waals surface area contributed by atoms with Gasteiger partial charge in [0.05, 0.1) is 7.11 Å². The summed E-state index contributed by atoms with van der Waals surface area (Å²) in [6.45, 7) is 1.98. The Balaban J connectivity index is 2.74. The van der Waals surface area contributed by atoms with Crippen LogP contribution in [0.25, 0.3) is 0 Å². The third-order valence-corrected chi connectivity index (χ3v) is 2.44. The topological polar surface area (TPSA) is 61.3 Å². The van der Waals surface area contributed by atoms with E-state index in [1.807, 2.05) is 6.92 Å². The SMILES string of the molecule is CCC(CCC=O)Oc1nnc(Cl)cc1OC. The number of carbonyl (C=O) groups is 1. The van der Waals surface area contributed by atoms with Crippen molar-refractivity contribution in [3.63, 3.8) is 0 Å². The summed E-state index contributed by atoms with van der Waals surface area (Å²) in [6, 6.07) is 1.54. The molecule has 94 valence electrons. The number of methoxy groups -OCH3 is 1. The molecule has 0 radical (unpaired) electrons. The van der Waals surface area contributed by atoms with E-state index in [1.165, 1.54) is 13.2 Å². The van der Waals surface area contributed by atoms with Crippen molar-refractivity contribution in [3.05, 3.63) is 11.2 Å². The van der Waals surface area contributed by atoms with E-state index in [4.69, 9.17) is 21.1 Å². The number of nitrogens with zero attached hydrogens (tertiary/aromatic N) is 2. The molecule has 0 bridgehead atoms. The van der Waals surface area contributed by atoms with Crippen molar-refractivity contribution in [2.45, 2.75) is 32.3 Å². The molecule has 17 heavy (non-hydrogen) atoms. The van der Waals surface area contributed by atoms with Crippen LogP contribution < -0.4 is 9.47 Å². The van der Waals surface area contributed by atoms with Gasteiger partial charge in [0.25, 0.3) is 5.88 Å². The molecule has 1 atom stereocenters. The van der Waals surface area contributed by atoms with E-state index >= 15 is 0 Å². The molecule has 1 heterocycles. The number of aromatic nitrogens is 2. The summed E-state index contributed by atoms with van der Waals surface area (Å²) in [6.07, 6.45) is 2.68. The van der Waals surface area contributed by atoms with Crippen molar-refractivity contribution in [1.29, 1.82) is 0 Å². The summed E-state index contributed by atoms with van der Waals surface area (Å²) in [5, 5.41) is 7.77. The molecule has 0 saturated heterocycles. The Kier molecular flexibility index (Phi) is 5.69. The van der Waals surface area contributed by atoms with Crippen molar-refractivity contribution in [2.24, 2.45) is 0 Å². The highest BCUT2D eigenvalue weighted by atomic mass is 35.5. The summed E-state index contributed by atoms with van der Waals surface area (Å²) in [7, 11) is 1.51. The first-order valence-corrected chi connectivity index (χ1v) is 5.76. The molecular formula is C11H15ClN2O3. The van der Waals surface area contributed by atoms with Crippen LogP contribution in [0.3, 0.4) is 0 Å². The number of aldehydes is 1. The minimum Gasteiger partial charge on any atom is -0.491 e. The monoisotopic (exact) mass is 258 g/mol. The Morgan fingerprint density at radius 1 is 1.53 bits per heavy atom. The standard InChI is InChI=1S/C11H15ClN2O3/c1-3-8(5-4-6-15)17-11-9(16-2)7-10(12)13-14-11/h6-8H,3-5H2,1-2H3. The summed E-state index contributed by atoms with van der Waals surface area (Å²) in [5.74, 6) is 0.740. The maximum absolute atomic E-state index is 10.3. The lowest BCUT2D eigenvalue weighted by molar-refractivity contribution is -0.108. The van der Waals surface area contributed by atoms with E-state index in [2.05, 4.69) is 10.2 Å². The lowest BCUT2D eigenvalue weighted by atomic mass is 10.1. The highest BCUT2D eigenvalue weighted by Crippen LogP contribution is 2.27. The van der Waals surface area contributed by atoms with Crippen LogP contribution in [0.15, 0.2) is 6.07 Å². The Hall–Kier alpha value is -1.36. The van der Waals surface area contributed by atoms with Crippen LogP contribution in [0.4, 0.5) is 0 Å². The van der Waals surface area contributed by atoms with E-state index < -0.39 is 0 Å². The number of hydrogen-bond donors (Lipinski definition) is 0. The highest BCUT2D eigenvalue weighted by molar-refractivity contribution is 6.29. The minimum absolute atomic E-state index is 0.0791. The fourth-order valence-corrected chi connectivity index (χ4v) is 1.46. The molecule has 5 nitrogen and oxygen atoms in total. The molecule has 0 aliphatic carbocycles. The number of ether oxygens (including phenoxy) is 2. The van der Waals surface area contributed by atoms with Gasteiger partial charge >= 0.3 is 0 Å². The van der Waals surface area contributed by atoms with Crippen LogP contribution in [-0.4, -0.2) is 29.7 Å². The summed E-state index contributed by atoms with van der Waals surface area (Å²) in [4.78, 5) is 10.3. The van der Waals surface area contributed by atoms with Gasteiger partial charge in [-0.3, -0.25) is 0 Å². The third-order valence-electron chi connectivity index (χ3n) is 2.26. The van der Waals surface area contributed by atoms with Crippen molar-refractivity contribution in [2.75, 3.05) is 7.11 Å². The van der Waals surface area contributed by atoms with Crippen LogP contribution in [0, 0.1) is 0 Å². The average molecular weight is 259 g/mol. The smallest absolute Gasteiger partial charge is 0.276 e. The van der Waals surface area contributed by atoms with E-state index in [0.717, 1.165) is 12.7 Å². The second-order valence-corrected chi connectivity index (χ2v) is 3.82. The molecule has 1 unspecified atom stereocenters. The molecule has 0 amide bonds. The predicted octanol–water partition coefficient (Wildman–Crippen LogP) is 2.28. The number of hydrogen-bond acceptors (Lipinski definition) is 5. The molecule has 0 aliphatic heterocycles. The number of halogens is 1. The van der Waals surface area contributed by atoms with Gasteiger partial charge in [0, 0.05) is 12.5 Å². The first-order chi connectivity index (χ1) is 8.21. The molecule has 1 aromatic heterocycles. The molecular weight excluding hydrogens is 244 g/mol. The Bertz CT molecular complexity index is 374. The fourth-order valence-electron chi connectivity index (χ4n) is 1.33. The first kappa shape index (κ1) is 13.7. The van der Waals surface area contributed by atoms with E-state index in [1.54, 1.807) is 0 Å². The molecule has 0 aliphatic rings. The van der Waals surface area contributed by atoms with Gasteiger partial charge in [-0.05, 0) is 12.8 Å². The normalized spacial score (nSPS) is 11.9. The fraction of sp³-hybridized carbons (Fsp3) is 0.545. The molecule has 0 aromatic carbocycles. The van der Waals surface area contributed by atoms with Crippen LogP contribution in [0.1, 0.15) is 26.2 Å². The summed E-state index contributed by atoms with van der Waals surface area (Å²) >= 11 is 5.69. The molecule has 0 saturated carbocycles. The second-order valence-electron chi connectivity index (χ2n) is 3.43. The number of rotatable bonds is 7. The molecule has 1 rings (SSSR count). The quantitative estimate of drug-likeness (QED) is 0.702. The maximum Gasteiger partial charge on any atom is 0.276 e. The van der Waals surface area contributed by atoms with Crippen molar-refractivity contribution < 1.29 is 14.3 Å². The van der Waals surface area contributed by atoms with Gasteiger partial charge < -0.3 is 14.3 Å². The van der Waals surface area contributed by atoms with Crippen LogP contribution in [0.5, 0.6) is 11.6 Å². The van der Waals surface area contributed by atoms with Gasteiger partial charge in [0.1, 0.15) is 12.4 Å². The van der Waals surface area contributed by atoms with E-state index in [0.29, 0.717) is 24.5 Å². The Morgan fingerprint density at radius 3 is 2.88 bits per heavy atom. The maximum atomic E-state index is 10.3. The van der Waals surface area contributed by atoms with Gasteiger partial charge in [-0.2, -0.15) is 0 Å². The first-order valence-electron chi connectivity index (χ1n) is 5.38. The number of carbonyl (C=O) groups excluding carboxylic acids is 1. The third kappa shape index (κ3) is 4.19. The van der Waals surface area contributed by atoms with Crippen molar-refractivity contribution >= 4 is 17.9 Å². The lowest BCUT2D eigenvalue weighted by Gasteiger charge is -2.16. The lowest BCUT2D eigenvalue weighted by Crippen LogP contribution is -2.17. The van der Waals surface area contributed by atoms with E-state index in [9.17, 15) is 4.79 Å². The molecule has 0 N–H and O–H groups in total. The highest BCUT2D eigenvalue weighted by Gasteiger charge is 2.14. The van der Waals surface area contributed by atoms with Gasteiger partial charge in [-0.25, -0.2) is 0 Å². The predicted molar refractivity (Wildman–Crippen MR) is 63.6 cm³/mol. The van der Waals surface area contributed by atoms with Crippen LogP contribution >= 0.6 is 11.6 Å². The van der Waals surface area contributed by atoms with E-state index in [-0.39, 0.29) is 11.3 Å². The second kappa shape index (κ2) is 7.06. The zero-order valence-electron chi connectivity index (χ0n) is 9.85. The largest absolute Gasteiger partial charge is 0.491 e. The average Bonchev–Trinajstić information content (AvgIpc) is 2.35. The van der Waals surface area contributed by atoms with Gasteiger partial charge in [0.2, 0.25) is 0 Å². The van der Waals surface area contributed by atoms with Gasteiger partial charge in [-0.15, -0.1) is 10.2 Å². The Labute approximate surface area is 105 Å². The zero-order chi connectivity index (χ0) is 12.7. The minimum atomic E-state index is -0.0791. The summed E-state index contributed by atoms with van der Waals surface area (Å²) < 4.78 is 10.7. The van der Waals surface area contributed by atoms with Crippen LogP contribution in [0.2, 0.25) is 5.15 Å². The molecule has 1 aromatic rings. The Morgan fingerprint density at radius 2 is 2.29 bits per heavy atom. The molecule has 0 fully saturated rings.